The van der Waals surface area contributed by atoms with Crippen LogP contribution in [-0.4, -0.2) is 49.6 Å². The van der Waals surface area contributed by atoms with Crippen LogP contribution < -0.4 is 5.73 Å². The van der Waals surface area contributed by atoms with Gasteiger partial charge in [-0.15, -0.1) is 0 Å². The molecule has 3 heteroatoms. The zero-order valence-electron chi connectivity index (χ0n) is 11.9. The third kappa shape index (κ3) is 2.69. The second-order valence-corrected chi connectivity index (χ2v) is 6.22. The van der Waals surface area contributed by atoms with Crippen molar-refractivity contribution in [3.8, 4) is 0 Å². The minimum Gasteiger partial charge on any atom is -0.330 e. The van der Waals surface area contributed by atoms with Gasteiger partial charge in [-0.05, 0) is 31.0 Å². The first-order chi connectivity index (χ1) is 9.23. The van der Waals surface area contributed by atoms with Crippen molar-refractivity contribution in [2.45, 2.75) is 24.8 Å². The fourth-order valence-corrected chi connectivity index (χ4v) is 3.16. The van der Waals surface area contributed by atoms with Crippen molar-refractivity contribution in [1.82, 2.24) is 9.80 Å². The lowest BCUT2D eigenvalue weighted by Gasteiger charge is -2.33. The molecule has 2 fully saturated rings. The summed E-state index contributed by atoms with van der Waals surface area (Å²) in [5, 5.41) is 0. The first-order valence-electron chi connectivity index (χ1n) is 7.43. The summed E-state index contributed by atoms with van der Waals surface area (Å²) in [6.45, 7) is 6.62. The summed E-state index contributed by atoms with van der Waals surface area (Å²) < 4.78 is 0. The van der Waals surface area contributed by atoms with E-state index in [1.807, 2.05) is 0 Å². The number of hydrogen-bond acceptors (Lipinski definition) is 3. The van der Waals surface area contributed by atoms with Crippen molar-refractivity contribution in [2.75, 3.05) is 39.8 Å². The lowest BCUT2D eigenvalue weighted by molar-refractivity contribution is 0.147. The molecule has 104 valence electrons. The quantitative estimate of drug-likeness (QED) is 0.888. The van der Waals surface area contributed by atoms with Gasteiger partial charge in [0, 0.05) is 44.7 Å². The molecule has 1 heterocycles. The monoisotopic (exact) mass is 259 g/mol. The molecular weight excluding hydrogens is 234 g/mol. The SMILES string of the molecule is CN1CCN(Cc2ccccc2C2(CN)CC2)CC1. The number of likely N-dealkylation sites (N-methyl/N-ethyl adjacent to an activating group) is 1. The average molecular weight is 259 g/mol. The smallest absolute Gasteiger partial charge is 0.0237 e. The normalized spacial score (nSPS) is 23.5. The summed E-state index contributed by atoms with van der Waals surface area (Å²) in [4.78, 5) is 4.98. The zero-order valence-corrected chi connectivity index (χ0v) is 11.9. The molecule has 0 unspecified atom stereocenters. The van der Waals surface area contributed by atoms with Gasteiger partial charge in [0.1, 0.15) is 0 Å². The fraction of sp³-hybridized carbons (Fsp3) is 0.625. The van der Waals surface area contributed by atoms with Crippen LogP contribution >= 0.6 is 0 Å². The van der Waals surface area contributed by atoms with Crippen LogP contribution in [0.25, 0.3) is 0 Å². The topological polar surface area (TPSA) is 32.5 Å². The van der Waals surface area contributed by atoms with Crippen LogP contribution in [0.5, 0.6) is 0 Å². The lowest BCUT2D eigenvalue weighted by Crippen LogP contribution is -2.44. The highest BCUT2D eigenvalue weighted by Crippen LogP contribution is 2.48. The molecule has 0 amide bonds. The molecule has 1 aromatic carbocycles. The predicted molar refractivity (Wildman–Crippen MR) is 79.2 cm³/mol. The molecule has 3 rings (SSSR count). The Bertz CT molecular complexity index is 431. The van der Waals surface area contributed by atoms with Crippen molar-refractivity contribution in [2.24, 2.45) is 5.73 Å². The molecule has 0 atom stereocenters. The van der Waals surface area contributed by atoms with E-state index >= 15 is 0 Å². The van der Waals surface area contributed by atoms with Gasteiger partial charge in [0.15, 0.2) is 0 Å². The third-order valence-corrected chi connectivity index (χ3v) is 4.82. The largest absolute Gasteiger partial charge is 0.330 e. The van der Waals surface area contributed by atoms with Crippen LogP contribution in [0.2, 0.25) is 0 Å². The molecule has 1 aromatic rings. The number of nitrogens with two attached hydrogens (primary N) is 1. The number of hydrogen-bond donors (Lipinski definition) is 1. The first-order valence-corrected chi connectivity index (χ1v) is 7.43. The van der Waals surface area contributed by atoms with Gasteiger partial charge >= 0.3 is 0 Å². The van der Waals surface area contributed by atoms with Crippen LogP contribution in [0.3, 0.4) is 0 Å². The molecule has 19 heavy (non-hydrogen) atoms. The predicted octanol–water partition coefficient (Wildman–Crippen LogP) is 1.42. The molecule has 2 N–H and O–H groups in total. The lowest BCUT2D eigenvalue weighted by atomic mass is 9.91. The Morgan fingerprint density at radius 2 is 1.79 bits per heavy atom. The summed E-state index contributed by atoms with van der Waals surface area (Å²) in [7, 11) is 2.21. The molecule has 1 aliphatic heterocycles. The molecule has 0 spiro atoms. The molecule has 0 bridgehead atoms. The Labute approximate surface area is 116 Å². The van der Waals surface area contributed by atoms with Crippen LogP contribution in [0.1, 0.15) is 24.0 Å². The molecule has 1 saturated carbocycles. The third-order valence-electron chi connectivity index (χ3n) is 4.82. The molecule has 0 radical (unpaired) electrons. The fourth-order valence-electron chi connectivity index (χ4n) is 3.16. The van der Waals surface area contributed by atoms with Crippen LogP contribution in [0, 0.1) is 0 Å². The van der Waals surface area contributed by atoms with Crippen molar-refractivity contribution in [3.05, 3.63) is 35.4 Å². The van der Waals surface area contributed by atoms with Crippen molar-refractivity contribution < 1.29 is 0 Å². The minimum absolute atomic E-state index is 0.309. The zero-order chi connectivity index (χ0) is 13.3. The molecular formula is C16H25N3. The maximum Gasteiger partial charge on any atom is 0.0237 e. The Hall–Kier alpha value is -0.900. The summed E-state index contributed by atoms with van der Waals surface area (Å²) in [5.74, 6) is 0. The second kappa shape index (κ2) is 5.23. The molecule has 1 saturated heterocycles. The maximum absolute atomic E-state index is 6.00. The summed E-state index contributed by atoms with van der Waals surface area (Å²) in [6.07, 6.45) is 2.53. The first kappa shape index (κ1) is 13.1. The second-order valence-electron chi connectivity index (χ2n) is 6.22. The number of benzene rings is 1. The Morgan fingerprint density at radius 1 is 1.11 bits per heavy atom. The summed E-state index contributed by atoms with van der Waals surface area (Å²) >= 11 is 0. The van der Waals surface area contributed by atoms with E-state index in [9.17, 15) is 0 Å². The summed E-state index contributed by atoms with van der Waals surface area (Å²) in [5.41, 5.74) is 9.32. The van der Waals surface area contributed by atoms with E-state index in [0.717, 1.165) is 13.1 Å². The van der Waals surface area contributed by atoms with E-state index in [2.05, 4.69) is 41.1 Å². The molecule has 0 aromatic heterocycles. The van der Waals surface area contributed by atoms with Gasteiger partial charge in [0.2, 0.25) is 0 Å². The highest BCUT2D eigenvalue weighted by Gasteiger charge is 2.44. The van der Waals surface area contributed by atoms with Gasteiger partial charge < -0.3 is 10.6 Å². The molecule has 2 aliphatic rings. The standard InChI is InChI=1S/C16H25N3/c1-18-8-10-19(11-9-18)12-14-4-2-3-5-15(14)16(13-17)6-7-16/h2-5H,6-13,17H2,1H3. The van der Waals surface area contributed by atoms with Gasteiger partial charge in [0.25, 0.3) is 0 Å². The van der Waals surface area contributed by atoms with E-state index in [4.69, 9.17) is 5.73 Å². The van der Waals surface area contributed by atoms with Crippen LogP contribution in [0.4, 0.5) is 0 Å². The van der Waals surface area contributed by atoms with E-state index in [1.54, 1.807) is 0 Å². The Balaban J connectivity index is 1.74. The van der Waals surface area contributed by atoms with Crippen LogP contribution in [-0.2, 0) is 12.0 Å². The van der Waals surface area contributed by atoms with E-state index in [1.165, 1.54) is 50.1 Å². The van der Waals surface area contributed by atoms with Gasteiger partial charge in [-0.2, -0.15) is 0 Å². The minimum atomic E-state index is 0.309. The summed E-state index contributed by atoms with van der Waals surface area (Å²) in [6, 6.07) is 8.93. The van der Waals surface area contributed by atoms with Gasteiger partial charge in [-0.1, -0.05) is 24.3 Å². The van der Waals surface area contributed by atoms with Gasteiger partial charge in [0.05, 0.1) is 0 Å². The molecule has 1 aliphatic carbocycles. The number of nitrogens with zero attached hydrogens (tertiary/aromatic N) is 2. The maximum atomic E-state index is 6.00. The van der Waals surface area contributed by atoms with Crippen LogP contribution in [0.15, 0.2) is 24.3 Å². The van der Waals surface area contributed by atoms with E-state index in [-0.39, 0.29) is 0 Å². The number of rotatable bonds is 4. The van der Waals surface area contributed by atoms with Gasteiger partial charge in [-0.25, -0.2) is 0 Å². The number of piperazine rings is 1. The van der Waals surface area contributed by atoms with Crippen molar-refractivity contribution >= 4 is 0 Å². The highest BCUT2D eigenvalue weighted by molar-refractivity contribution is 5.39. The molecule has 3 nitrogen and oxygen atoms in total. The highest BCUT2D eigenvalue weighted by atomic mass is 15.2. The van der Waals surface area contributed by atoms with E-state index < -0.39 is 0 Å². The van der Waals surface area contributed by atoms with Crippen molar-refractivity contribution in [1.29, 1.82) is 0 Å². The Morgan fingerprint density at radius 3 is 2.42 bits per heavy atom. The van der Waals surface area contributed by atoms with Crippen molar-refractivity contribution in [3.63, 3.8) is 0 Å². The van der Waals surface area contributed by atoms with Gasteiger partial charge in [-0.3, -0.25) is 4.90 Å². The Kier molecular flexibility index (Phi) is 3.61. The average Bonchev–Trinajstić information content (AvgIpc) is 3.23. The van der Waals surface area contributed by atoms with E-state index in [0.29, 0.717) is 5.41 Å².